The molecule has 2 saturated carbocycles. The number of amides is 2. The second-order valence-electron chi connectivity index (χ2n) is 14.7. The molecule has 1 aromatic heterocycles. The van der Waals surface area contributed by atoms with E-state index in [4.69, 9.17) is 28.9 Å². The number of carbonyl (C=O) groups excluding carboxylic acids is 3. The summed E-state index contributed by atoms with van der Waals surface area (Å²) >= 11 is 0. The fourth-order valence-corrected chi connectivity index (χ4v) is 8.03. The van der Waals surface area contributed by atoms with Gasteiger partial charge in [-0.1, -0.05) is 33.6 Å². The van der Waals surface area contributed by atoms with E-state index in [1.54, 1.807) is 19.1 Å². The number of carbonyl (C=O) groups is 3. The molecule has 1 N–H and O–H groups in total. The molecule has 0 spiro atoms. The van der Waals surface area contributed by atoms with Crippen molar-refractivity contribution in [3.63, 3.8) is 0 Å². The molecule has 2 bridgehead atoms. The van der Waals surface area contributed by atoms with Crippen molar-refractivity contribution in [3.05, 3.63) is 23.9 Å². The Labute approximate surface area is 271 Å². The van der Waals surface area contributed by atoms with Crippen LogP contribution in [0.5, 0.6) is 11.6 Å². The highest BCUT2D eigenvalue weighted by atomic mass is 16.6. The maximum absolute atomic E-state index is 14.4. The van der Waals surface area contributed by atoms with E-state index in [2.05, 4.69) is 5.32 Å². The normalized spacial score (nSPS) is 31.8. The lowest BCUT2D eigenvalue weighted by Crippen LogP contribution is -2.57. The average molecular weight is 637 g/mol. The van der Waals surface area contributed by atoms with Crippen LogP contribution in [0.25, 0.3) is 11.0 Å². The second-order valence-corrected chi connectivity index (χ2v) is 14.7. The molecule has 3 heterocycles. The maximum Gasteiger partial charge on any atom is 0.408 e. The maximum atomic E-state index is 14.4. The Morgan fingerprint density at radius 1 is 1.02 bits per heavy atom. The van der Waals surface area contributed by atoms with E-state index in [1.165, 1.54) is 13.3 Å². The summed E-state index contributed by atoms with van der Waals surface area (Å²) in [6.45, 7) is 7.52. The van der Waals surface area contributed by atoms with Gasteiger partial charge in [0.1, 0.15) is 29.7 Å². The van der Waals surface area contributed by atoms with Gasteiger partial charge in [0.15, 0.2) is 5.78 Å². The lowest BCUT2D eigenvalue weighted by atomic mass is 9.85. The number of methoxy groups -OCH3 is 2. The number of benzene rings is 1. The topological polar surface area (TPSA) is 129 Å². The van der Waals surface area contributed by atoms with E-state index < -0.39 is 35.6 Å². The molecule has 0 radical (unpaired) electrons. The summed E-state index contributed by atoms with van der Waals surface area (Å²) in [5.41, 5.74) is 1.49. The van der Waals surface area contributed by atoms with Gasteiger partial charge in [-0.15, -0.1) is 0 Å². The SMILES string of the molecule is COC[C@@H]1[C@@H]2CN(C(=O)[C@H](C(C)(C)C)NC(=O)O[C@@H]3CC4CC4[C@H]3CCCCCc3nc4ccc(OC)cc4nc3O2)[C@@H]1C(C)=O. The molecule has 8 atom stereocenters. The first-order valence-corrected chi connectivity index (χ1v) is 16.8. The minimum Gasteiger partial charge on any atom is -0.497 e. The Bertz CT molecular complexity index is 1470. The van der Waals surface area contributed by atoms with Crippen LogP contribution < -0.4 is 14.8 Å². The number of ether oxygens (including phenoxy) is 4. The third kappa shape index (κ3) is 6.52. The van der Waals surface area contributed by atoms with Gasteiger partial charge in [-0.2, -0.15) is 0 Å². The Balaban J connectivity index is 1.39. The molecule has 4 aliphatic rings. The molecule has 250 valence electrons. The molecular formula is C35H48N4O7. The molecular weight excluding hydrogens is 588 g/mol. The Hall–Kier alpha value is -3.47. The fourth-order valence-electron chi connectivity index (χ4n) is 8.03. The van der Waals surface area contributed by atoms with Gasteiger partial charge in [0, 0.05) is 19.1 Å². The summed E-state index contributed by atoms with van der Waals surface area (Å²) in [6.07, 6.45) is 5.40. The largest absolute Gasteiger partial charge is 0.497 e. The summed E-state index contributed by atoms with van der Waals surface area (Å²) in [4.78, 5) is 52.5. The number of hydrogen-bond donors (Lipinski definition) is 1. The number of alkyl carbamates (subject to hydrolysis) is 1. The van der Waals surface area contributed by atoms with Crippen molar-refractivity contribution in [3.8, 4) is 11.6 Å². The van der Waals surface area contributed by atoms with Crippen molar-refractivity contribution in [1.29, 1.82) is 0 Å². The standard InChI is InChI=1S/C35H48N4O7/c1-19(40)30-24(18-43-5)29-17-39(30)33(41)31(35(2,3)4)38-34(42)46-28-15-20-14-23(20)22(28)10-8-7-9-11-26-32(45-29)37-27-16-21(44-6)12-13-25(27)36-26/h12-13,16,20,22-24,28-31H,7-11,14-15,17-18H2,1-6H3,(H,38,42)/t20?,22-,23?,24-,28-,29+,30-,31-/m1/s1. The predicted molar refractivity (Wildman–Crippen MR) is 171 cm³/mol. The predicted octanol–water partition coefficient (Wildman–Crippen LogP) is 4.73. The van der Waals surface area contributed by atoms with Gasteiger partial charge in [0.05, 0.1) is 37.3 Å². The first-order valence-electron chi connectivity index (χ1n) is 16.8. The number of rotatable bonds is 4. The number of aromatic nitrogens is 2. The number of aryl methyl sites for hydroxylation is 1. The second kappa shape index (κ2) is 13.0. The Morgan fingerprint density at radius 2 is 1.83 bits per heavy atom. The molecule has 1 saturated heterocycles. The highest BCUT2D eigenvalue weighted by Gasteiger charge is 2.55. The highest BCUT2D eigenvalue weighted by Crippen LogP contribution is 2.57. The fraction of sp³-hybridized carbons (Fsp3) is 0.686. The first kappa shape index (κ1) is 32.5. The lowest BCUT2D eigenvalue weighted by molar-refractivity contribution is -0.142. The molecule has 2 amide bonds. The van der Waals surface area contributed by atoms with Gasteiger partial charge >= 0.3 is 6.09 Å². The summed E-state index contributed by atoms with van der Waals surface area (Å²) in [5, 5.41) is 2.92. The van der Waals surface area contributed by atoms with E-state index in [1.807, 2.05) is 39.0 Å². The van der Waals surface area contributed by atoms with Crippen LogP contribution in [-0.2, 0) is 25.5 Å². The van der Waals surface area contributed by atoms with Crippen LogP contribution in [0.3, 0.4) is 0 Å². The number of hydrogen-bond acceptors (Lipinski definition) is 9. The molecule has 11 nitrogen and oxygen atoms in total. The molecule has 1 aromatic carbocycles. The number of nitrogens with one attached hydrogen (secondary N) is 1. The van der Waals surface area contributed by atoms with E-state index in [0.29, 0.717) is 41.3 Å². The van der Waals surface area contributed by atoms with Gasteiger partial charge in [-0.3, -0.25) is 9.59 Å². The van der Waals surface area contributed by atoms with Gasteiger partial charge in [0.2, 0.25) is 11.8 Å². The summed E-state index contributed by atoms with van der Waals surface area (Å²) in [6, 6.07) is 3.88. The van der Waals surface area contributed by atoms with Gasteiger partial charge < -0.3 is 29.2 Å². The number of fused-ring (bicyclic) bond motifs is 7. The van der Waals surface area contributed by atoms with Crippen molar-refractivity contribution < 1.29 is 33.3 Å². The number of nitrogens with zero attached hydrogens (tertiary/aromatic N) is 3. The quantitative estimate of drug-likeness (QED) is 0.506. The van der Waals surface area contributed by atoms with Crippen LogP contribution in [0.2, 0.25) is 0 Å². The van der Waals surface area contributed by atoms with Gasteiger partial charge in [0.25, 0.3) is 0 Å². The molecule has 2 aliphatic carbocycles. The minimum absolute atomic E-state index is 0.131. The summed E-state index contributed by atoms with van der Waals surface area (Å²) < 4.78 is 23.7. The third-order valence-electron chi connectivity index (χ3n) is 10.4. The molecule has 2 aromatic rings. The zero-order valence-electron chi connectivity index (χ0n) is 27.9. The zero-order chi connectivity index (χ0) is 32.7. The summed E-state index contributed by atoms with van der Waals surface area (Å²) in [7, 11) is 3.18. The van der Waals surface area contributed by atoms with E-state index in [9.17, 15) is 14.4 Å². The van der Waals surface area contributed by atoms with E-state index in [-0.39, 0.29) is 30.9 Å². The van der Waals surface area contributed by atoms with Crippen molar-refractivity contribution in [2.75, 3.05) is 27.4 Å². The molecule has 2 aliphatic heterocycles. The third-order valence-corrected chi connectivity index (χ3v) is 10.4. The van der Waals surface area contributed by atoms with Crippen LogP contribution in [0.1, 0.15) is 71.9 Å². The lowest BCUT2D eigenvalue weighted by Gasteiger charge is -2.36. The minimum atomic E-state index is -0.916. The first-order chi connectivity index (χ1) is 22.0. The average Bonchev–Trinajstić information content (AvgIpc) is 3.55. The van der Waals surface area contributed by atoms with Crippen LogP contribution in [-0.4, -0.2) is 84.3 Å². The van der Waals surface area contributed by atoms with Crippen molar-refractivity contribution in [2.24, 2.45) is 29.1 Å². The van der Waals surface area contributed by atoms with Crippen molar-refractivity contribution >= 4 is 28.8 Å². The zero-order valence-corrected chi connectivity index (χ0v) is 27.9. The van der Waals surface area contributed by atoms with Crippen LogP contribution >= 0.6 is 0 Å². The van der Waals surface area contributed by atoms with E-state index in [0.717, 1.165) is 43.3 Å². The van der Waals surface area contributed by atoms with E-state index >= 15 is 0 Å². The molecule has 46 heavy (non-hydrogen) atoms. The summed E-state index contributed by atoms with van der Waals surface area (Å²) in [5.74, 6) is 1.66. The van der Waals surface area contributed by atoms with Crippen molar-refractivity contribution in [1.82, 2.24) is 20.2 Å². The van der Waals surface area contributed by atoms with Gasteiger partial charge in [-0.05, 0) is 74.3 Å². The van der Waals surface area contributed by atoms with Crippen LogP contribution in [0, 0.1) is 29.1 Å². The van der Waals surface area contributed by atoms with Crippen LogP contribution in [0.15, 0.2) is 18.2 Å². The molecule has 11 heteroatoms. The van der Waals surface area contributed by atoms with Crippen LogP contribution in [0.4, 0.5) is 4.79 Å². The molecule has 3 fully saturated rings. The number of Topliss-reactive ketones (excluding diaryl/α,β-unsaturated/α-hetero) is 1. The van der Waals surface area contributed by atoms with Crippen molar-refractivity contribution in [2.45, 2.75) is 96.9 Å². The molecule has 2 unspecified atom stereocenters. The highest BCUT2D eigenvalue weighted by molar-refractivity contribution is 5.92. The Morgan fingerprint density at radius 3 is 2.54 bits per heavy atom. The Kier molecular flexibility index (Phi) is 9.15. The van der Waals surface area contributed by atoms with Gasteiger partial charge in [-0.25, -0.2) is 14.8 Å². The smallest absolute Gasteiger partial charge is 0.408 e. The molecule has 6 rings (SSSR count). The number of ketones is 1. The monoisotopic (exact) mass is 636 g/mol.